The summed E-state index contributed by atoms with van der Waals surface area (Å²) in [6, 6.07) is 22.7. The van der Waals surface area contributed by atoms with Crippen molar-refractivity contribution in [3.63, 3.8) is 0 Å². The monoisotopic (exact) mass is 458 g/mol. The number of rotatable bonds is 5. The number of hydrogen-bond donors (Lipinski definition) is 2. The summed E-state index contributed by atoms with van der Waals surface area (Å²) in [6.07, 6.45) is 0.359. The largest absolute Gasteiger partial charge is 0.507 e. The first-order valence-electron chi connectivity index (χ1n) is 11.4. The van der Waals surface area contributed by atoms with Crippen molar-refractivity contribution < 1.29 is 17.5 Å². The summed E-state index contributed by atoms with van der Waals surface area (Å²) in [4.78, 5) is 24.1. The van der Waals surface area contributed by atoms with E-state index in [1.54, 1.807) is 12.1 Å². The van der Waals surface area contributed by atoms with Gasteiger partial charge in [-0.2, -0.15) is 0 Å². The van der Waals surface area contributed by atoms with Gasteiger partial charge in [0.15, 0.2) is 5.82 Å². The molecule has 2 heterocycles. The van der Waals surface area contributed by atoms with Crippen LogP contribution in [0.5, 0.6) is 5.75 Å². The lowest BCUT2D eigenvalue weighted by atomic mass is 10.1. The molecular formula is C27H30N4O3. The Morgan fingerprint density at radius 2 is 1.91 bits per heavy atom. The number of carbonyl (C=O) groups is 1. The average Bonchev–Trinajstić information content (AvgIpc) is 3.31. The third kappa shape index (κ3) is 4.64. The van der Waals surface area contributed by atoms with Gasteiger partial charge < -0.3 is 20.1 Å². The normalized spacial score (nSPS) is 15.4. The van der Waals surface area contributed by atoms with E-state index in [4.69, 9.17) is 14.7 Å². The summed E-state index contributed by atoms with van der Waals surface area (Å²) in [5.74, 6) is 1.41. The minimum atomic E-state index is -0.422. The number of ether oxygens (including phenoxy) is 1. The van der Waals surface area contributed by atoms with E-state index in [-0.39, 0.29) is 21.3 Å². The number of phenolic OH excluding ortho intramolecular Hbond substituents is 1. The number of nitrogens with zero attached hydrogens (tertiary/aromatic N) is 3. The second kappa shape index (κ2) is 9.39. The van der Waals surface area contributed by atoms with Crippen molar-refractivity contribution in [2.45, 2.75) is 26.0 Å². The fourth-order valence-electron chi connectivity index (χ4n) is 4.25. The van der Waals surface area contributed by atoms with Crippen LogP contribution in [0.1, 0.15) is 20.4 Å². The molecule has 2 N–H and O–H groups in total. The summed E-state index contributed by atoms with van der Waals surface area (Å²) >= 11 is 0. The van der Waals surface area contributed by atoms with Crippen LogP contribution in [0.15, 0.2) is 72.8 Å². The van der Waals surface area contributed by atoms with Crippen molar-refractivity contribution in [3.8, 4) is 17.1 Å². The first-order chi connectivity index (χ1) is 16.6. The quantitative estimate of drug-likeness (QED) is 0.422. The van der Waals surface area contributed by atoms with Gasteiger partial charge in [0.05, 0.1) is 17.1 Å². The Labute approximate surface area is 201 Å². The van der Waals surface area contributed by atoms with Gasteiger partial charge in [0.25, 0.3) is 0 Å². The van der Waals surface area contributed by atoms with Crippen LogP contribution in [0.25, 0.3) is 22.3 Å². The molecule has 1 amide bonds. The molecule has 4 aromatic rings. The lowest BCUT2D eigenvalue weighted by Gasteiger charge is -2.21. The number of para-hydroxylation sites is 1. The number of aromatic hydroxyl groups is 1. The molecule has 0 unspecified atom stereocenters. The third-order valence-electron chi connectivity index (χ3n) is 6.00. The highest BCUT2D eigenvalue weighted by molar-refractivity contribution is 5.92. The Morgan fingerprint density at radius 3 is 2.74 bits per heavy atom. The first kappa shape index (κ1) is 21.7. The molecule has 176 valence electrons. The molecule has 0 saturated carbocycles. The van der Waals surface area contributed by atoms with Crippen LogP contribution in [-0.4, -0.2) is 40.3 Å². The van der Waals surface area contributed by atoms with E-state index >= 15 is 0 Å². The van der Waals surface area contributed by atoms with E-state index in [1.807, 2.05) is 67.6 Å². The number of hydrogen-bond acceptors (Lipinski definition) is 6. The minimum absolute atomic E-state index is 0. The average molecular weight is 459 g/mol. The highest BCUT2D eigenvalue weighted by Crippen LogP contribution is 2.33. The second-order valence-corrected chi connectivity index (χ2v) is 8.55. The molecule has 0 bridgehead atoms. The van der Waals surface area contributed by atoms with E-state index < -0.39 is 6.09 Å². The first-order valence-corrected chi connectivity index (χ1v) is 11.4. The van der Waals surface area contributed by atoms with Crippen molar-refractivity contribution in [1.29, 1.82) is 0 Å². The molecule has 1 atom stereocenters. The third-order valence-corrected chi connectivity index (χ3v) is 6.00. The van der Waals surface area contributed by atoms with Gasteiger partial charge in [-0.3, -0.25) is 0 Å². The van der Waals surface area contributed by atoms with Crippen molar-refractivity contribution in [2.24, 2.45) is 0 Å². The van der Waals surface area contributed by atoms with Crippen molar-refractivity contribution in [1.82, 2.24) is 15.3 Å². The summed E-state index contributed by atoms with van der Waals surface area (Å²) in [5, 5.41) is 14.3. The van der Waals surface area contributed by atoms with Gasteiger partial charge in [0.1, 0.15) is 18.2 Å². The molecule has 5 rings (SSSR count). The van der Waals surface area contributed by atoms with Crippen LogP contribution in [0, 0.1) is 6.92 Å². The van der Waals surface area contributed by atoms with Crippen molar-refractivity contribution >= 4 is 22.8 Å². The van der Waals surface area contributed by atoms with Crippen LogP contribution in [0.4, 0.5) is 10.6 Å². The molecular weight excluding hydrogens is 428 g/mol. The number of anilines is 1. The number of phenols is 1. The molecule has 0 spiro atoms. The number of nitrogens with one attached hydrogen (secondary N) is 1. The maximum atomic E-state index is 12.3. The van der Waals surface area contributed by atoms with Crippen LogP contribution in [0.2, 0.25) is 0 Å². The van der Waals surface area contributed by atoms with Crippen molar-refractivity contribution in [2.75, 3.05) is 18.0 Å². The fourth-order valence-corrected chi connectivity index (χ4v) is 4.25. The zero-order valence-electron chi connectivity index (χ0n) is 18.9. The molecule has 7 nitrogen and oxygen atoms in total. The molecule has 1 saturated heterocycles. The Balaban J connectivity index is 0.00000180. The topological polar surface area (TPSA) is 87.6 Å². The number of fused-ring (bicyclic) bond motifs is 1. The number of aromatic nitrogens is 2. The van der Waals surface area contributed by atoms with E-state index in [0.717, 1.165) is 40.8 Å². The van der Waals surface area contributed by atoms with Crippen molar-refractivity contribution in [3.05, 3.63) is 83.9 Å². The van der Waals surface area contributed by atoms with E-state index in [2.05, 4.69) is 10.2 Å². The van der Waals surface area contributed by atoms with Crippen LogP contribution in [0.3, 0.4) is 0 Å². The van der Waals surface area contributed by atoms with Gasteiger partial charge in [-0.15, -0.1) is 0 Å². The zero-order valence-corrected chi connectivity index (χ0v) is 18.9. The number of alkyl carbamates (subject to hydrolysis) is 1. The molecule has 1 aromatic heterocycles. The smallest absolute Gasteiger partial charge is 0.407 e. The molecule has 1 aliphatic rings. The lowest BCUT2D eigenvalue weighted by Crippen LogP contribution is -2.37. The minimum Gasteiger partial charge on any atom is -0.507 e. The molecule has 0 aliphatic carbocycles. The standard InChI is InChI=1S/C27H26N4O3.2H2/c1-18-11-12-21-23(15-18)29-25(22-9-5-6-10-24(22)32)30-26(21)31-14-13-20(16-31)28-27(33)34-17-19-7-3-2-4-8-19;;/h2-12,15,20,32H,13-14,16-17H2,1H3,(H,28,33);2*1H/t20-;;/m1../s1. The Morgan fingerprint density at radius 1 is 1.12 bits per heavy atom. The van der Waals surface area contributed by atoms with Gasteiger partial charge in [-0.25, -0.2) is 14.8 Å². The number of benzene rings is 3. The molecule has 34 heavy (non-hydrogen) atoms. The van der Waals surface area contributed by atoms with E-state index in [0.29, 0.717) is 17.9 Å². The second-order valence-electron chi connectivity index (χ2n) is 8.55. The molecule has 7 heteroatoms. The highest BCUT2D eigenvalue weighted by Gasteiger charge is 2.27. The van der Waals surface area contributed by atoms with Crippen LogP contribution >= 0.6 is 0 Å². The summed E-state index contributed by atoms with van der Waals surface area (Å²) in [6.45, 7) is 3.62. The van der Waals surface area contributed by atoms with Gasteiger partial charge in [0, 0.05) is 21.3 Å². The zero-order chi connectivity index (χ0) is 23.5. The molecule has 3 aromatic carbocycles. The van der Waals surface area contributed by atoms with E-state index in [9.17, 15) is 9.90 Å². The number of carbonyl (C=O) groups excluding carboxylic acids is 1. The maximum absolute atomic E-state index is 12.3. The predicted octanol–water partition coefficient (Wildman–Crippen LogP) is 5.31. The Hall–Kier alpha value is -4.13. The Kier molecular flexibility index (Phi) is 5.99. The SMILES string of the molecule is Cc1ccc2c(N3CC[C@@H](NC(=O)OCc4ccccc4)C3)nc(-c3ccccc3O)nc2c1.[HH].[HH]. The molecule has 1 fully saturated rings. The summed E-state index contributed by atoms with van der Waals surface area (Å²) in [5.41, 5.74) is 3.46. The van der Waals surface area contributed by atoms with Crippen LogP contribution in [-0.2, 0) is 11.3 Å². The van der Waals surface area contributed by atoms with Gasteiger partial charge in [-0.1, -0.05) is 48.5 Å². The molecule has 0 radical (unpaired) electrons. The van der Waals surface area contributed by atoms with E-state index in [1.165, 1.54) is 0 Å². The number of aryl methyl sites for hydroxylation is 1. The molecule has 1 aliphatic heterocycles. The lowest BCUT2D eigenvalue weighted by molar-refractivity contribution is 0.136. The van der Waals surface area contributed by atoms with Gasteiger partial charge in [-0.05, 0) is 48.7 Å². The van der Waals surface area contributed by atoms with Crippen LogP contribution < -0.4 is 10.2 Å². The summed E-state index contributed by atoms with van der Waals surface area (Å²) < 4.78 is 5.38. The van der Waals surface area contributed by atoms with Gasteiger partial charge >= 0.3 is 6.09 Å². The predicted molar refractivity (Wildman–Crippen MR) is 136 cm³/mol. The summed E-state index contributed by atoms with van der Waals surface area (Å²) in [7, 11) is 0. The number of amides is 1. The highest BCUT2D eigenvalue weighted by atomic mass is 16.5. The van der Waals surface area contributed by atoms with Gasteiger partial charge in [0.2, 0.25) is 0 Å². The Bertz CT molecular complexity index is 1340. The maximum Gasteiger partial charge on any atom is 0.407 e. The fraction of sp³-hybridized carbons (Fsp3) is 0.222.